The summed E-state index contributed by atoms with van der Waals surface area (Å²) in [4.78, 5) is 7.84. The van der Waals surface area contributed by atoms with Gasteiger partial charge in [0.25, 0.3) is 6.36 Å². The van der Waals surface area contributed by atoms with Crippen LogP contribution in [0.2, 0.25) is 0 Å². The Morgan fingerprint density at radius 3 is 2.62 bits per heavy atom. The van der Waals surface area contributed by atoms with Crippen LogP contribution in [0.15, 0.2) is 0 Å². The van der Waals surface area contributed by atoms with Crippen LogP contribution in [0.3, 0.4) is 0 Å². The Hall–Kier alpha value is -0.360. The third-order valence-electron chi connectivity index (χ3n) is 0.335. The zero-order valence-corrected chi connectivity index (χ0v) is 4.80. The molecule has 0 spiro atoms. The van der Waals surface area contributed by atoms with Crippen LogP contribution in [-0.2, 0) is 9.09 Å². The van der Waals surface area contributed by atoms with Gasteiger partial charge in [0, 0.05) is 0 Å². The molecule has 0 aromatic carbocycles. The van der Waals surface area contributed by atoms with Crippen LogP contribution in [-0.4, -0.2) is 11.3 Å². The summed E-state index contributed by atoms with van der Waals surface area (Å²) in [5.41, 5.74) is 0. The standard InChI is InChI=1S/C3H4FO3P/c1-2-3(4)7-8(5)6/h1,3,8H,(H,5,6). The highest BCUT2D eigenvalue weighted by atomic mass is 31.1. The number of hydrogen-bond acceptors (Lipinski definition) is 2. The third-order valence-corrected chi connectivity index (χ3v) is 0.744. The fourth-order valence-corrected chi connectivity index (χ4v) is 0.368. The van der Waals surface area contributed by atoms with Gasteiger partial charge in [0.15, 0.2) is 0 Å². The van der Waals surface area contributed by atoms with Gasteiger partial charge in [-0.05, 0) is 5.92 Å². The van der Waals surface area contributed by atoms with Crippen molar-refractivity contribution in [3.05, 3.63) is 0 Å². The molecule has 0 rings (SSSR count). The van der Waals surface area contributed by atoms with Crippen molar-refractivity contribution in [1.29, 1.82) is 0 Å². The van der Waals surface area contributed by atoms with E-state index in [1.165, 1.54) is 5.92 Å². The zero-order chi connectivity index (χ0) is 6.57. The molecule has 3 nitrogen and oxygen atoms in total. The Bertz CT molecular complexity index is 129. The van der Waals surface area contributed by atoms with Crippen LogP contribution >= 0.6 is 8.25 Å². The first-order chi connectivity index (χ1) is 3.66. The molecule has 0 amide bonds. The Balaban J connectivity index is 3.43. The van der Waals surface area contributed by atoms with Gasteiger partial charge >= 0.3 is 8.25 Å². The number of rotatable bonds is 2. The van der Waals surface area contributed by atoms with E-state index in [-0.39, 0.29) is 0 Å². The van der Waals surface area contributed by atoms with Crippen molar-refractivity contribution >= 4 is 8.25 Å². The van der Waals surface area contributed by atoms with Gasteiger partial charge in [-0.2, -0.15) is 0 Å². The monoisotopic (exact) mass is 138 g/mol. The molecule has 0 heterocycles. The molecular weight excluding hydrogens is 134 g/mol. The van der Waals surface area contributed by atoms with E-state index in [4.69, 9.17) is 4.89 Å². The van der Waals surface area contributed by atoms with Crippen LogP contribution in [0.1, 0.15) is 0 Å². The first kappa shape index (κ1) is 7.64. The summed E-state index contributed by atoms with van der Waals surface area (Å²) in [7, 11) is -3.21. The van der Waals surface area contributed by atoms with E-state index in [0.29, 0.717) is 0 Å². The summed E-state index contributed by atoms with van der Waals surface area (Å²) < 4.78 is 24.8. The maximum atomic E-state index is 11.6. The molecule has 0 aliphatic carbocycles. The van der Waals surface area contributed by atoms with Crippen molar-refractivity contribution in [2.24, 2.45) is 0 Å². The maximum absolute atomic E-state index is 11.6. The second kappa shape index (κ2) is 3.62. The number of hydrogen-bond donors (Lipinski definition) is 1. The first-order valence-corrected chi connectivity index (χ1v) is 2.93. The lowest BCUT2D eigenvalue weighted by atomic mass is 10.7. The normalized spacial score (nSPS) is 16.6. The zero-order valence-electron chi connectivity index (χ0n) is 3.80. The van der Waals surface area contributed by atoms with Crippen molar-refractivity contribution in [1.82, 2.24) is 0 Å². The lowest BCUT2D eigenvalue weighted by molar-refractivity contribution is 0.117. The molecule has 46 valence electrons. The molecular formula is C3H4FO3P. The summed E-state index contributed by atoms with van der Waals surface area (Å²) in [5.74, 6) is 1.47. The molecule has 0 fully saturated rings. The van der Waals surface area contributed by atoms with Crippen molar-refractivity contribution < 1.29 is 18.4 Å². The molecule has 2 unspecified atom stereocenters. The molecule has 2 atom stereocenters. The highest BCUT2D eigenvalue weighted by molar-refractivity contribution is 7.32. The van der Waals surface area contributed by atoms with Gasteiger partial charge in [0.1, 0.15) is 0 Å². The quantitative estimate of drug-likeness (QED) is 0.441. The largest absolute Gasteiger partial charge is 0.326 e. The molecule has 0 bridgehead atoms. The lowest BCUT2D eigenvalue weighted by Gasteiger charge is -1.94. The Labute approximate surface area is 46.4 Å². The Morgan fingerprint density at radius 2 is 2.50 bits per heavy atom. The highest BCUT2D eigenvalue weighted by Gasteiger charge is 2.01. The topological polar surface area (TPSA) is 46.5 Å². The minimum Gasteiger partial charge on any atom is -0.326 e. The lowest BCUT2D eigenvalue weighted by Crippen LogP contribution is -1.94. The molecule has 1 N–H and O–H groups in total. The predicted molar refractivity (Wildman–Crippen MR) is 26.0 cm³/mol. The molecule has 0 aromatic rings. The predicted octanol–water partition coefficient (Wildman–Crippen LogP) is 0.314. The summed E-state index contributed by atoms with van der Waals surface area (Å²) in [5, 5.41) is 0. The smallest absolute Gasteiger partial charge is 0.319 e. The van der Waals surface area contributed by atoms with Crippen molar-refractivity contribution in [3.8, 4) is 12.3 Å². The first-order valence-electron chi connectivity index (χ1n) is 1.66. The second-order valence-corrected chi connectivity index (χ2v) is 1.63. The average molecular weight is 138 g/mol. The van der Waals surface area contributed by atoms with E-state index in [2.05, 4.69) is 10.9 Å². The van der Waals surface area contributed by atoms with Gasteiger partial charge in [0.2, 0.25) is 0 Å². The van der Waals surface area contributed by atoms with Crippen LogP contribution in [0.4, 0.5) is 4.39 Å². The molecule has 8 heavy (non-hydrogen) atoms. The number of terminal acetylenes is 1. The van der Waals surface area contributed by atoms with E-state index in [9.17, 15) is 8.96 Å². The van der Waals surface area contributed by atoms with E-state index in [1.807, 2.05) is 0 Å². The maximum Gasteiger partial charge on any atom is 0.319 e. The minimum absolute atomic E-state index is 1.47. The fourth-order valence-electron chi connectivity index (χ4n) is 0.123. The average Bonchev–Trinajstić information content (AvgIpc) is 1.65. The fraction of sp³-hybridized carbons (Fsp3) is 0.333. The Morgan fingerprint density at radius 1 is 2.00 bits per heavy atom. The van der Waals surface area contributed by atoms with Gasteiger partial charge in [-0.15, -0.1) is 6.42 Å². The number of halogens is 1. The van der Waals surface area contributed by atoms with Crippen molar-refractivity contribution in [2.45, 2.75) is 6.36 Å². The summed E-state index contributed by atoms with van der Waals surface area (Å²) >= 11 is 0. The molecule has 0 radical (unpaired) electrons. The van der Waals surface area contributed by atoms with Gasteiger partial charge in [-0.25, -0.2) is 4.39 Å². The van der Waals surface area contributed by atoms with E-state index < -0.39 is 14.6 Å². The minimum atomic E-state index is -3.21. The van der Waals surface area contributed by atoms with Gasteiger partial charge in [0.05, 0.1) is 0 Å². The van der Waals surface area contributed by atoms with Gasteiger partial charge < -0.3 is 4.89 Å². The van der Waals surface area contributed by atoms with Crippen LogP contribution in [0.25, 0.3) is 0 Å². The van der Waals surface area contributed by atoms with Crippen molar-refractivity contribution in [3.63, 3.8) is 0 Å². The third kappa shape index (κ3) is 3.82. The van der Waals surface area contributed by atoms with Crippen LogP contribution in [0, 0.1) is 12.3 Å². The highest BCUT2D eigenvalue weighted by Crippen LogP contribution is 2.17. The summed E-state index contributed by atoms with van der Waals surface area (Å²) in [6.07, 6.45) is 2.37. The van der Waals surface area contributed by atoms with Crippen LogP contribution < -0.4 is 0 Å². The summed E-state index contributed by atoms with van der Waals surface area (Å²) in [6, 6.07) is 0. The molecule has 0 saturated carbocycles. The molecule has 0 aliphatic heterocycles. The summed E-state index contributed by atoms with van der Waals surface area (Å²) in [6.45, 7) is 0. The SMILES string of the molecule is C#CC(F)O[PH](=O)O. The van der Waals surface area contributed by atoms with Crippen molar-refractivity contribution in [2.75, 3.05) is 0 Å². The molecule has 0 saturated heterocycles. The molecule has 0 aromatic heterocycles. The molecule has 0 aliphatic rings. The number of alkyl halides is 1. The Kier molecular flexibility index (Phi) is 3.46. The molecule has 5 heteroatoms. The van der Waals surface area contributed by atoms with E-state index in [1.54, 1.807) is 0 Å². The van der Waals surface area contributed by atoms with E-state index in [0.717, 1.165) is 0 Å². The van der Waals surface area contributed by atoms with E-state index >= 15 is 0 Å². The second-order valence-electron chi connectivity index (χ2n) is 0.866. The van der Waals surface area contributed by atoms with Gasteiger partial charge in [-0.1, -0.05) is 0 Å². The van der Waals surface area contributed by atoms with Crippen LogP contribution in [0.5, 0.6) is 0 Å². The van der Waals surface area contributed by atoms with Gasteiger partial charge in [-0.3, -0.25) is 9.09 Å².